The summed E-state index contributed by atoms with van der Waals surface area (Å²) in [5.41, 5.74) is 4.90. The molecule has 0 aliphatic heterocycles. The largest absolute Gasteiger partial charge is 0.508 e. The van der Waals surface area contributed by atoms with Gasteiger partial charge in [0, 0.05) is 0 Å². The lowest BCUT2D eigenvalue weighted by Gasteiger charge is -2.31. The number of hydrogen-bond acceptors (Lipinski definition) is 8. The highest BCUT2D eigenvalue weighted by molar-refractivity contribution is 5.71. The van der Waals surface area contributed by atoms with Gasteiger partial charge in [-0.1, -0.05) is 145 Å². The molecule has 4 aromatic rings. The van der Waals surface area contributed by atoms with Gasteiger partial charge in [-0.2, -0.15) is 0 Å². The number of ether oxygens (including phenoxy) is 2. The van der Waals surface area contributed by atoms with E-state index in [9.17, 15) is 30.0 Å². The summed E-state index contributed by atoms with van der Waals surface area (Å²) in [6.45, 7) is 28.5. The number of phenolic OH excluding ortho intramolecular Hbond substituents is 4. The van der Waals surface area contributed by atoms with Crippen LogP contribution in [0.4, 0.5) is 0 Å². The smallest absolute Gasteiger partial charge is 0.306 e. The lowest BCUT2D eigenvalue weighted by molar-refractivity contribution is -0.155. The van der Waals surface area contributed by atoms with Crippen LogP contribution in [0.3, 0.4) is 0 Å². The highest BCUT2D eigenvalue weighted by atomic mass is 16.6. The first kappa shape index (κ1) is 49.7. The summed E-state index contributed by atoms with van der Waals surface area (Å²) in [7, 11) is 0. The van der Waals surface area contributed by atoms with E-state index in [1.807, 2.05) is 48.5 Å². The minimum Gasteiger partial charge on any atom is -0.508 e. The SMILES string of the molecule is CC(CC(=O)OCCOC(=O)CC(C)(Cc1ccc(O)c(C(C)(C)C)c1)Cc1ccc(O)c(C(C)(C)C)c1)(Cc1ccc(O)c(C(C)(C)C)c1)Cc1ccc(O)c(C(C)(C)C)c1. The third-order valence-corrected chi connectivity index (χ3v) is 11.8. The van der Waals surface area contributed by atoms with Crippen LogP contribution in [0, 0.1) is 10.8 Å². The Labute approximate surface area is 371 Å². The molecular weight excluding hydrogens is 777 g/mol. The minimum atomic E-state index is -0.601. The second-order valence-electron chi connectivity index (χ2n) is 22.5. The summed E-state index contributed by atoms with van der Waals surface area (Å²) in [6.07, 6.45) is 2.29. The van der Waals surface area contributed by atoms with Crippen LogP contribution in [0.15, 0.2) is 72.8 Å². The maximum atomic E-state index is 13.6. The summed E-state index contributed by atoms with van der Waals surface area (Å²) < 4.78 is 11.5. The van der Waals surface area contributed by atoms with E-state index in [1.54, 1.807) is 24.3 Å². The molecule has 0 saturated carbocycles. The molecule has 8 nitrogen and oxygen atoms in total. The van der Waals surface area contributed by atoms with Gasteiger partial charge in [-0.3, -0.25) is 9.59 Å². The van der Waals surface area contributed by atoms with Gasteiger partial charge < -0.3 is 29.9 Å². The van der Waals surface area contributed by atoms with Crippen molar-refractivity contribution in [2.24, 2.45) is 10.8 Å². The van der Waals surface area contributed by atoms with E-state index < -0.39 is 22.8 Å². The highest BCUT2D eigenvalue weighted by Gasteiger charge is 2.33. The van der Waals surface area contributed by atoms with E-state index in [-0.39, 0.29) is 70.7 Å². The Morgan fingerprint density at radius 3 is 0.790 bits per heavy atom. The molecule has 0 heterocycles. The van der Waals surface area contributed by atoms with Crippen LogP contribution >= 0.6 is 0 Å². The average Bonchev–Trinajstić information content (AvgIpc) is 3.11. The van der Waals surface area contributed by atoms with Crippen LogP contribution in [0.25, 0.3) is 0 Å². The van der Waals surface area contributed by atoms with E-state index in [4.69, 9.17) is 9.47 Å². The van der Waals surface area contributed by atoms with Crippen molar-refractivity contribution < 1.29 is 39.5 Å². The average molecular weight is 851 g/mol. The van der Waals surface area contributed by atoms with Gasteiger partial charge in [0.15, 0.2) is 0 Å². The number of phenols is 4. The third kappa shape index (κ3) is 13.8. The molecule has 0 aromatic heterocycles. The zero-order valence-corrected chi connectivity index (χ0v) is 40.0. The number of rotatable bonds is 15. The molecular formula is C54H74O8. The van der Waals surface area contributed by atoms with Crippen LogP contribution in [0.2, 0.25) is 0 Å². The van der Waals surface area contributed by atoms with Crippen LogP contribution in [-0.4, -0.2) is 45.6 Å². The van der Waals surface area contributed by atoms with E-state index in [1.165, 1.54) is 0 Å². The molecule has 338 valence electrons. The van der Waals surface area contributed by atoms with Gasteiger partial charge in [0.25, 0.3) is 0 Å². The van der Waals surface area contributed by atoms with Gasteiger partial charge in [0.1, 0.15) is 36.2 Å². The molecule has 62 heavy (non-hydrogen) atoms. The minimum absolute atomic E-state index is 0.0862. The molecule has 0 aliphatic rings. The fourth-order valence-corrected chi connectivity index (χ4v) is 8.63. The molecule has 0 atom stereocenters. The Balaban J connectivity index is 1.51. The molecule has 0 saturated heterocycles. The lowest BCUT2D eigenvalue weighted by atomic mass is 9.74. The number of hydrogen-bond donors (Lipinski definition) is 4. The van der Waals surface area contributed by atoms with Crippen molar-refractivity contribution in [1.82, 2.24) is 0 Å². The standard InChI is InChI=1S/C54H74O8/c1-49(2,3)39-25-35(15-19-43(39)55)29-53(13,30-36-16-20-44(56)40(26-36)50(4,5)6)33-47(59)61-23-24-62-48(60)34-54(14,31-37-17-21-45(57)41(27-37)51(7,8)9)32-38-18-22-46(58)42(28-38)52(10,11)12/h15-22,25-28,55-58H,23-24,29-34H2,1-14H3. The third-order valence-electron chi connectivity index (χ3n) is 11.8. The fourth-order valence-electron chi connectivity index (χ4n) is 8.63. The second kappa shape index (κ2) is 18.8. The first-order valence-corrected chi connectivity index (χ1v) is 22.0. The molecule has 0 aliphatic carbocycles. The zero-order valence-electron chi connectivity index (χ0n) is 40.0. The molecule has 0 fully saturated rings. The van der Waals surface area contributed by atoms with E-state index in [0.717, 1.165) is 44.5 Å². The molecule has 0 amide bonds. The van der Waals surface area contributed by atoms with Crippen molar-refractivity contribution >= 4 is 11.9 Å². The maximum absolute atomic E-state index is 13.6. The van der Waals surface area contributed by atoms with Gasteiger partial charge in [0.05, 0.1) is 12.8 Å². The van der Waals surface area contributed by atoms with Gasteiger partial charge in [-0.05, 0) is 127 Å². The number of carbonyl (C=O) groups is 2. The summed E-state index contributed by atoms with van der Waals surface area (Å²) in [6, 6.07) is 22.5. The summed E-state index contributed by atoms with van der Waals surface area (Å²) in [5, 5.41) is 42.7. The first-order chi connectivity index (χ1) is 28.4. The van der Waals surface area contributed by atoms with Gasteiger partial charge in [0.2, 0.25) is 0 Å². The van der Waals surface area contributed by atoms with Crippen LogP contribution in [0.1, 0.15) is 154 Å². The first-order valence-electron chi connectivity index (χ1n) is 22.0. The topological polar surface area (TPSA) is 134 Å². The van der Waals surface area contributed by atoms with Crippen molar-refractivity contribution in [3.05, 3.63) is 117 Å². The second-order valence-corrected chi connectivity index (χ2v) is 22.5. The van der Waals surface area contributed by atoms with Crippen molar-refractivity contribution in [3.63, 3.8) is 0 Å². The molecule has 4 aromatic carbocycles. The Kier molecular flexibility index (Phi) is 15.0. The number of aromatic hydroxyl groups is 4. The van der Waals surface area contributed by atoms with E-state index in [2.05, 4.69) is 96.9 Å². The maximum Gasteiger partial charge on any atom is 0.306 e. The van der Waals surface area contributed by atoms with Crippen molar-refractivity contribution in [2.75, 3.05) is 13.2 Å². The van der Waals surface area contributed by atoms with Crippen molar-refractivity contribution in [2.45, 2.75) is 157 Å². The van der Waals surface area contributed by atoms with E-state index in [0.29, 0.717) is 25.7 Å². The van der Waals surface area contributed by atoms with Gasteiger partial charge in [-0.15, -0.1) is 0 Å². The Morgan fingerprint density at radius 1 is 0.387 bits per heavy atom. The molecule has 0 bridgehead atoms. The molecule has 0 radical (unpaired) electrons. The van der Waals surface area contributed by atoms with Crippen LogP contribution < -0.4 is 0 Å². The molecule has 8 heteroatoms. The fraction of sp³-hybridized carbons (Fsp3) is 0.519. The number of esters is 2. The highest BCUT2D eigenvalue weighted by Crippen LogP contribution is 2.40. The quantitative estimate of drug-likeness (QED) is 0.0686. The predicted molar refractivity (Wildman–Crippen MR) is 249 cm³/mol. The monoisotopic (exact) mass is 851 g/mol. The molecule has 4 rings (SSSR count). The van der Waals surface area contributed by atoms with Crippen molar-refractivity contribution in [3.8, 4) is 23.0 Å². The van der Waals surface area contributed by atoms with E-state index >= 15 is 0 Å². The summed E-state index contributed by atoms with van der Waals surface area (Å²) >= 11 is 0. The number of benzene rings is 4. The van der Waals surface area contributed by atoms with Gasteiger partial charge in [-0.25, -0.2) is 0 Å². The van der Waals surface area contributed by atoms with Crippen LogP contribution in [-0.2, 0) is 66.4 Å². The molecule has 0 spiro atoms. The lowest BCUT2D eigenvalue weighted by Crippen LogP contribution is -2.29. The Morgan fingerprint density at radius 2 is 0.597 bits per heavy atom. The predicted octanol–water partition coefficient (Wildman–Crippen LogP) is 11.8. The zero-order chi connectivity index (χ0) is 46.6. The van der Waals surface area contributed by atoms with Crippen LogP contribution in [0.5, 0.6) is 23.0 Å². The normalized spacial score (nSPS) is 12.9. The Hall–Kier alpha value is -4.98. The Bertz CT molecular complexity index is 1920. The molecule has 4 N–H and O–H groups in total. The summed E-state index contributed by atoms with van der Waals surface area (Å²) in [5.74, 6) is 0.0986. The van der Waals surface area contributed by atoms with Gasteiger partial charge >= 0.3 is 11.9 Å². The summed E-state index contributed by atoms with van der Waals surface area (Å²) in [4.78, 5) is 27.3. The van der Waals surface area contributed by atoms with Crippen molar-refractivity contribution in [1.29, 1.82) is 0 Å². The number of carbonyl (C=O) groups excluding carboxylic acids is 2. The molecule has 0 unspecified atom stereocenters.